The fraction of sp³-hybridized carbons (Fsp3) is 1.00. The molecule has 0 aliphatic carbocycles. The van der Waals surface area contributed by atoms with Crippen LogP contribution < -0.4 is 0 Å². The topological polar surface area (TPSA) is 35.5 Å². The molecule has 0 saturated heterocycles. The summed E-state index contributed by atoms with van der Waals surface area (Å²) in [7, 11) is -4.57. The van der Waals surface area contributed by atoms with Crippen LogP contribution >= 0.6 is 19.2 Å². The second-order valence-electron chi connectivity index (χ2n) is 2.51. The largest absolute Gasteiger partial charge is 0.412 e. The standard InChI is InChI=1S/C5H6ClF6O3P/c6-3-16(13,14-1-4(7,8)9)15-2-5(10,11)12/h1-3H2. The summed E-state index contributed by atoms with van der Waals surface area (Å²) in [6.07, 6.45) is -9.66. The van der Waals surface area contributed by atoms with Crippen LogP contribution in [0.15, 0.2) is 0 Å². The first-order valence-corrected chi connectivity index (χ1v) is 5.81. The summed E-state index contributed by atoms with van der Waals surface area (Å²) in [6.45, 7) is -3.98. The van der Waals surface area contributed by atoms with Crippen molar-refractivity contribution in [2.75, 3.05) is 18.8 Å². The van der Waals surface area contributed by atoms with Crippen molar-refractivity contribution in [3.63, 3.8) is 0 Å². The summed E-state index contributed by atoms with van der Waals surface area (Å²) in [6, 6.07) is 0. The van der Waals surface area contributed by atoms with Crippen molar-refractivity contribution in [2.24, 2.45) is 0 Å². The highest BCUT2D eigenvalue weighted by Crippen LogP contribution is 2.50. The predicted molar refractivity (Wildman–Crippen MR) is 42.3 cm³/mol. The summed E-state index contributed by atoms with van der Waals surface area (Å²) >= 11 is 4.92. The Morgan fingerprint density at radius 2 is 1.25 bits per heavy atom. The molecule has 0 aliphatic heterocycles. The minimum Gasteiger partial charge on any atom is -0.298 e. The van der Waals surface area contributed by atoms with Gasteiger partial charge in [0.15, 0.2) is 13.2 Å². The first-order chi connectivity index (χ1) is 6.97. The molecule has 0 aliphatic rings. The molecule has 0 aromatic rings. The molecule has 11 heteroatoms. The predicted octanol–water partition coefficient (Wildman–Crippen LogP) is 3.53. The van der Waals surface area contributed by atoms with E-state index in [1.165, 1.54) is 0 Å². The summed E-state index contributed by atoms with van der Waals surface area (Å²) in [5.41, 5.74) is -1.10. The molecule has 0 amide bonds. The molecule has 0 radical (unpaired) electrons. The Bertz CT molecular complexity index is 242. The van der Waals surface area contributed by atoms with Crippen LogP contribution in [-0.4, -0.2) is 31.2 Å². The lowest BCUT2D eigenvalue weighted by atomic mass is 10.7. The van der Waals surface area contributed by atoms with E-state index in [1.807, 2.05) is 0 Å². The van der Waals surface area contributed by atoms with Gasteiger partial charge in [0.2, 0.25) is 0 Å². The molecule has 16 heavy (non-hydrogen) atoms. The molecule has 98 valence electrons. The average molecular weight is 295 g/mol. The second-order valence-corrected chi connectivity index (χ2v) is 5.20. The molecule has 0 bridgehead atoms. The first-order valence-electron chi connectivity index (χ1n) is 3.55. The molecule has 0 atom stereocenters. The molecule has 0 N–H and O–H groups in total. The Morgan fingerprint density at radius 1 is 0.938 bits per heavy atom. The third kappa shape index (κ3) is 8.20. The van der Waals surface area contributed by atoms with Gasteiger partial charge in [0.1, 0.15) is 5.62 Å². The van der Waals surface area contributed by atoms with Crippen molar-refractivity contribution in [3.05, 3.63) is 0 Å². The fourth-order valence-electron chi connectivity index (χ4n) is 0.449. The number of hydrogen-bond donors (Lipinski definition) is 0. The van der Waals surface area contributed by atoms with Gasteiger partial charge in [-0.1, -0.05) is 0 Å². The highest BCUT2D eigenvalue weighted by Gasteiger charge is 2.37. The van der Waals surface area contributed by atoms with Gasteiger partial charge in [-0.2, -0.15) is 26.3 Å². The zero-order chi connectivity index (χ0) is 13.0. The zero-order valence-electron chi connectivity index (χ0n) is 7.44. The highest BCUT2D eigenvalue weighted by molar-refractivity contribution is 7.55. The van der Waals surface area contributed by atoms with E-state index in [9.17, 15) is 30.9 Å². The van der Waals surface area contributed by atoms with Crippen LogP contribution in [0.2, 0.25) is 0 Å². The molecule has 0 unspecified atom stereocenters. The van der Waals surface area contributed by atoms with Crippen LogP contribution in [-0.2, 0) is 13.6 Å². The minimum absolute atomic E-state index is 1.10. The lowest BCUT2D eigenvalue weighted by Crippen LogP contribution is -2.20. The van der Waals surface area contributed by atoms with E-state index in [0.29, 0.717) is 0 Å². The summed E-state index contributed by atoms with van der Waals surface area (Å²) in [5.74, 6) is 0. The van der Waals surface area contributed by atoms with Crippen LogP contribution in [0.4, 0.5) is 26.3 Å². The monoisotopic (exact) mass is 294 g/mol. The van der Waals surface area contributed by atoms with Crippen LogP contribution in [0.3, 0.4) is 0 Å². The van der Waals surface area contributed by atoms with E-state index in [2.05, 4.69) is 9.05 Å². The number of hydrogen-bond acceptors (Lipinski definition) is 3. The van der Waals surface area contributed by atoms with Gasteiger partial charge in [0, 0.05) is 0 Å². The maximum absolute atomic E-state index is 11.6. The molecule has 0 aromatic heterocycles. The maximum Gasteiger partial charge on any atom is 0.412 e. The van der Waals surface area contributed by atoms with Gasteiger partial charge in [-0.3, -0.25) is 13.6 Å². The number of rotatable bonds is 5. The second kappa shape index (κ2) is 5.57. The van der Waals surface area contributed by atoms with Gasteiger partial charge in [-0.05, 0) is 0 Å². The normalized spacial score (nSPS) is 14.2. The summed E-state index contributed by atoms with van der Waals surface area (Å²) < 4.78 is 88.3. The van der Waals surface area contributed by atoms with Gasteiger partial charge < -0.3 is 0 Å². The van der Waals surface area contributed by atoms with Gasteiger partial charge in [-0.25, -0.2) is 0 Å². The Morgan fingerprint density at radius 3 is 1.44 bits per heavy atom. The Kier molecular flexibility index (Phi) is 5.58. The van der Waals surface area contributed by atoms with Crippen LogP contribution in [0.1, 0.15) is 0 Å². The van der Waals surface area contributed by atoms with Gasteiger partial charge in [0.25, 0.3) is 0 Å². The Balaban J connectivity index is 4.28. The molecule has 0 rings (SSSR count). The van der Waals surface area contributed by atoms with Gasteiger partial charge in [-0.15, -0.1) is 11.6 Å². The van der Waals surface area contributed by atoms with Crippen molar-refractivity contribution in [1.82, 2.24) is 0 Å². The third-order valence-corrected chi connectivity index (χ3v) is 3.21. The lowest BCUT2D eigenvalue weighted by Gasteiger charge is -2.17. The quantitative estimate of drug-likeness (QED) is 0.442. The Labute approximate surface area is 91.2 Å². The SMILES string of the molecule is O=P(CCl)(OCC(F)(F)F)OCC(F)(F)F. The molecule has 0 saturated carbocycles. The van der Waals surface area contributed by atoms with Crippen molar-refractivity contribution in [1.29, 1.82) is 0 Å². The van der Waals surface area contributed by atoms with Crippen molar-refractivity contribution >= 4 is 19.2 Å². The molecule has 0 spiro atoms. The highest BCUT2D eigenvalue weighted by atomic mass is 35.5. The minimum atomic E-state index is -4.83. The van der Waals surface area contributed by atoms with Crippen LogP contribution in [0.25, 0.3) is 0 Å². The fourth-order valence-corrected chi connectivity index (χ4v) is 1.76. The lowest BCUT2D eigenvalue weighted by molar-refractivity contribution is -0.165. The molecular weight excluding hydrogens is 288 g/mol. The smallest absolute Gasteiger partial charge is 0.298 e. The van der Waals surface area contributed by atoms with Crippen LogP contribution in [0, 0.1) is 0 Å². The molecule has 0 aromatic carbocycles. The van der Waals surface area contributed by atoms with E-state index >= 15 is 0 Å². The molecule has 0 heterocycles. The first kappa shape index (κ1) is 16.0. The van der Waals surface area contributed by atoms with E-state index < -0.39 is 38.8 Å². The van der Waals surface area contributed by atoms with Gasteiger partial charge in [0.05, 0.1) is 0 Å². The maximum atomic E-state index is 11.6. The van der Waals surface area contributed by atoms with E-state index in [0.717, 1.165) is 0 Å². The van der Waals surface area contributed by atoms with E-state index in [-0.39, 0.29) is 0 Å². The molecule has 3 nitrogen and oxygen atoms in total. The third-order valence-electron chi connectivity index (χ3n) is 0.996. The summed E-state index contributed by atoms with van der Waals surface area (Å²) in [4.78, 5) is 0. The molecular formula is C5H6ClF6O3P. The van der Waals surface area contributed by atoms with Crippen LogP contribution in [0.5, 0.6) is 0 Å². The number of alkyl halides is 7. The van der Waals surface area contributed by atoms with Crippen molar-refractivity contribution < 1.29 is 40.0 Å². The zero-order valence-corrected chi connectivity index (χ0v) is 9.09. The van der Waals surface area contributed by atoms with E-state index in [4.69, 9.17) is 11.6 Å². The van der Waals surface area contributed by atoms with Crippen molar-refractivity contribution in [2.45, 2.75) is 12.4 Å². The Hall–Kier alpha value is 0.0200. The van der Waals surface area contributed by atoms with Crippen molar-refractivity contribution in [3.8, 4) is 0 Å². The average Bonchev–Trinajstić information content (AvgIpc) is 2.09. The van der Waals surface area contributed by atoms with E-state index in [1.54, 1.807) is 0 Å². The molecule has 0 fully saturated rings. The summed E-state index contributed by atoms with van der Waals surface area (Å²) in [5, 5.41) is 0. The number of halogens is 7. The van der Waals surface area contributed by atoms with Gasteiger partial charge >= 0.3 is 19.9 Å².